The van der Waals surface area contributed by atoms with Gasteiger partial charge < -0.3 is 9.84 Å². The first-order valence-corrected chi connectivity index (χ1v) is 4.02. The summed E-state index contributed by atoms with van der Waals surface area (Å²) in [6, 6.07) is 0.463. The van der Waals surface area contributed by atoms with Crippen LogP contribution < -0.4 is 5.32 Å². The van der Waals surface area contributed by atoms with Gasteiger partial charge in [-0.3, -0.25) is 0 Å². The molecule has 1 aliphatic carbocycles. The SMILES string of the molecule is CNC1CCCc2oncc21. The molecular weight excluding hydrogens is 140 g/mol. The van der Waals surface area contributed by atoms with Crippen molar-refractivity contribution in [2.45, 2.75) is 25.3 Å². The zero-order valence-electron chi connectivity index (χ0n) is 6.63. The van der Waals surface area contributed by atoms with Gasteiger partial charge in [0, 0.05) is 18.0 Å². The molecule has 0 fully saturated rings. The van der Waals surface area contributed by atoms with Crippen LogP contribution in [-0.2, 0) is 6.42 Å². The Bertz CT molecular complexity index is 244. The maximum absolute atomic E-state index is 5.10. The number of aromatic nitrogens is 1. The second kappa shape index (κ2) is 2.66. The second-order valence-electron chi connectivity index (χ2n) is 2.94. The molecule has 1 N–H and O–H groups in total. The number of hydrogen-bond donors (Lipinski definition) is 1. The summed E-state index contributed by atoms with van der Waals surface area (Å²) in [7, 11) is 1.98. The van der Waals surface area contributed by atoms with E-state index >= 15 is 0 Å². The van der Waals surface area contributed by atoms with E-state index < -0.39 is 0 Å². The molecule has 1 aliphatic rings. The van der Waals surface area contributed by atoms with Crippen molar-refractivity contribution in [2.75, 3.05) is 7.05 Å². The van der Waals surface area contributed by atoms with Crippen LogP contribution in [0, 0.1) is 0 Å². The lowest BCUT2D eigenvalue weighted by Crippen LogP contribution is -2.20. The Labute approximate surface area is 65.8 Å². The molecular formula is C8H12N2O. The molecule has 1 atom stereocenters. The molecule has 1 aromatic rings. The van der Waals surface area contributed by atoms with Crippen molar-refractivity contribution in [3.05, 3.63) is 17.5 Å². The molecule has 0 spiro atoms. The van der Waals surface area contributed by atoms with Crippen molar-refractivity contribution in [2.24, 2.45) is 0 Å². The van der Waals surface area contributed by atoms with Crippen LogP contribution in [0.4, 0.5) is 0 Å². The van der Waals surface area contributed by atoms with Gasteiger partial charge in [-0.1, -0.05) is 5.16 Å². The number of rotatable bonds is 1. The van der Waals surface area contributed by atoms with Crippen molar-refractivity contribution in [1.82, 2.24) is 10.5 Å². The third-order valence-electron chi connectivity index (χ3n) is 2.30. The van der Waals surface area contributed by atoms with E-state index in [0.717, 1.165) is 12.2 Å². The third-order valence-corrected chi connectivity index (χ3v) is 2.30. The van der Waals surface area contributed by atoms with E-state index in [0.29, 0.717) is 6.04 Å². The highest BCUT2D eigenvalue weighted by atomic mass is 16.5. The zero-order valence-corrected chi connectivity index (χ0v) is 6.63. The van der Waals surface area contributed by atoms with Crippen LogP contribution in [0.25, 0.3) is 0 Å². The normalized spacial score (nSPS) is 23.2. The maximum Gasteiger partial charge on any atom is 0.141 e. The smallest absolute Gasteiger partial charge is 0.141 e. The molecule has 0 aromatic carbocycles. The molecule has 0 saturated carbocycles. The first kappa shape index (κ1) is 6.85. The molecule has 0 bridgehead atoms. The van der Waals surface area contributed by atoms with Crippen LogP contribution in [0.1, 0.15) is 30.2 Å². The van der Waals surface area contributed by atoms with E-state index in [1.165, 1.54) is 18.4 Å². The Balaban J connectivity index is 2.32. The number of nitrogens with zero attached hydrogens (tertiary/aromatic N) is 1. The molecule has 2 rings (SSSR count). The lowest BCUT2D eigenvalue weighted by Gasteiger charge is -2.19. The largest absolute Gasteiger partial charge is 0.361 e. The van der Waals surface area contributed by atoms with Crippen molar-refractivity contribution < 1.29 is 4.52 Å². The van der Waals surface area contributed by atoms with Gasteiger partial charge in [0.25, 0.3) is 0 Å². The summed E-state index contributed by atoms with van der Waals surface area (Å²) < 4.78 is 5.10. The lowest BCUT2D eigenvalue weighted by atomic mass is 9.94. The van der Waals surface area contributed by atoms with Crippen LogP contribution in [0.3, 0.4) is 0 Å². The quantitative estimate of drug-likeness (QED) is 0.658. The molecule has 3 heteroatoms. The number of aryl methyl sites for hydroxylation is 1. The Kier molecular flexibility index (Phi) is 1.66. The fourth-order valence-electron chi connectivity index (χ4n) is 1.67. The Morgan fingerprint density at radius 2 is 2.64 bits per heavy atom. The van der Waals surface area contributed by atoms with Gasteiger partial charge in [0.15, 0.2) is 0 Å². The van der Waals surface area contributed by atoms with Crippen molar-refractivity contribution >= 4 is 0 Å². The Morgan fingerprint density at radius 3 is 3.45 bits per heavy atom. The first-order valence-electron chi connectivity index (χ1n) is 4.02. The molecule has 0 aliphatic heterocycles. The maximum atomic E-state index is 5.10. The highest BCUT2D eigenvalue weighted by molar-refractivity contribution is 5.20. The second-order valence-corrected chi connectivity index (χ2v) is 2.94. The van der Waals surface area contributed by atoms with Crippen LogP contribution in [0.2, 0.25) is 0 Å². The third kappa shape index (κ3) is 1.05. The number of hydrogen-bond acceptors (Lipinski definition) is 3. The molecule has 11 heavy (non-hydrogen) atoms. The molecule has 0 amide bonds. The lowest BCUT2D eigenvalue weighted by molar-refractivity contribution is 0.359. The number of fused-ring (bicyclic) bond motifs is 1. The minimum absolute atomic E-state index is 0.463. The van der Waals surface area contributed by atoms with Crippen LogP contribution >= 0.6 is 0 Å². The van der Waals surface area contributed by atoms with Gasteiger partial charge in [0.1, 0.15) is 5.76 Å². The highest BCUT2D eigenvalue weighted by Crippen LogP contribution is 2.28. The summed E-state index contributed by atoms with van der Waals surface area (Å²) in [5.41, 5.74) is 1.25. The average Bonchev–Trinajstić information content (AvgIpc) is 2.50. The van der Waals surface area contributed by atoms with Crippen LogP contribution in [-0.4, -0.2) is 12.2 Å². The van der Waals surface area contributed by atoms with Crippen molar-refractivity contribution in [3.63, 3.8) is 0 Å². The summed E-state index contributed by atoms with van der Waals surface area (Å²) in [4.78, 5) is 0. The molecule has 0 radical (unpaired) electrons. The fraction of sp³-hybridized carbons (Fsp3) is 0.625. The van der Waals surface area contributed by atoms with Crippen LogP contribution in [0.5, 0.6) is 0 Å². The fourth-order valence-corrected chi connectivity index (χ4v) is 1.67. The summed E-state index contributed by atoms with van der Waals surface area (Å²) >= 11 is 0. The Hall–Kier alpha value is -0.830. The van der Waals surface area contributed by atoms with Gasteiger partial charge >= 0.3 is 0 Å². The summed E-state index contributed by atoms with van der Waals surface area (Å²) in [6.45, 7) is 0. The van der Waals surface area contributed by atoms with E-state index in [1.807, 2.05) is 13.2 Å². The molecule has 1 heterocycles. The minimum Gasteiger partial charge on any atom is -0.361 e. The molecule has 1 aromatic heterocycles. The van der Waals surface area contributed by atoms with Crippen molar-refractivity contribution in [1.29, 1.82) is 0 Å². The summed E-state index contributed by atoms with van der Waals surface area (Å²) in [5, 5.41) is 7.03. The van der Waals surface area contributed by atoms with Gasteiger partial charge in [0.2, 0.25) is 0 Å². The molecule has 1 unspecified atom stereocenters. The monoisotopic (exact) mass is 152 g/mol. The van der Waals surface area contributed by atoms with E-state index in [2.05, 4.69) is 10.5 Å². The van der Waals surface area contributed by atoms with Gasteiger partial charge in [-0.15, -0.1) is 0 Å². The predicted octanol–water partition coefficient (Wildman–Crippen LogP) is 1.27. The van der Waals surface area contributed by atoms with Gasteiger partial charge in [-0.25, -0.2) is 0 Å². The first-order chi connectivity index (χ1) is 5.42. The minimum atomic E-state index is 0.463. The Morgan fingerprint density at radius 1 is 1.73 bits per heavy atom. The number of nitrogens with one attached hydrogen (secondary N) is 1. The van der Waals surface area contributed by atoms with Gasteiger partial charge in [-0.2, -0.15) is 0 Å². The van der Waals surface area contributed by atoms with Crippen molar-refractivity contribution in [3.8, 4) is 0 Å². The summed E-state index contributed by atoms with van der Waals surface area (Å²) in [6.07, 6.45) is 5.28. The van der Waals surface area contributed by atoms with Gasteiger partial charge in [-0.05, 0) is 19.9 Å². The molecule has 60 valence electrons. The van der Waals surface area contributed by atoms with E-state index in [4.69, 9.17) is 4.52 Å². The zero-order chi connectivity index (χ0) is 7.68. The topological polar surface area (TPSA) is 38.1 Å². The standard InChI is InChI=1S/C8H12N2O/c1-9-7-3-2-4-8-6(7)5-10-11-8/h5,7,9H,2-4H2,1H3. The van der Waals surface area contributed by atoms with Crippen LogP contribution in [0.15, 0.2) is 10.7 Å². The summed E-state index contributed by atoms with van der Waals surface area (Å²) in [5.74, 6) is 1.07. The van der Waals surface area contributed by atoms with E-state index in [-0.39, 0.29) is 0 Å². The average molecular weight is 152 g/mol. The molecule has 3 nitrogen and oxygen atoms in total. The highest BCUT2D eigenvalue weighted by Gasteiger charge is 2.21. The van der Waals surface area contributed by atoms with E-state index in [1.54, 1.807) is 0 Å². The molecule has 0 saturated heterocycles. The predicted molar refractivity (Wildman–Crippen MR) is 41.2 cm³/mol. The van der Waals surface area contributed by atoms with E-state index in [9.17, 15) is 0 Å². The van der Waals surface area contributed by atoms with Gasteiger partial charge in [0.05, 0.1) is 6.20 Å².